The highest BCUT2D eigenvalue weighted by Gasteiger charge is 2.42. The van der Waals surface area contributed by atoms with Gasteiger partial charge in [0, 0.05) is 30.7 Å². The van der Waals surface area contributed by atoms with Gasteiger partial charge in [-0.3, -0.25) is 19.4 Å². The molecule has 3 rings (SSSR count). The molecule has 2 fully saturated rings. The van der Waals surface area contributed by atoms with Gasteiger partial charge in [-0.25, -0.2) is 0 Å². The summed E-state index contributed by atoms with van der Waals surface area (Å²) < 4.78 is 0. The van der Waals surface area contributed by atoms with Crippen LogP contribution in [0.25, 0.3) is 0 Å². The standard InChI is InChI=1S/C19H26N2O2.C2H6/c1-14(22)11-21-13-18-10-19(21)12-20(18)8-4-6-16-5-3-7-17(9-16)15(2)23;1-2/h3,5,7,9,18-19H,4,6,8,10-13H2,1-2H3;1-2H3/t18-,19?;/m0./s1. The lowest BCUT2D eigenvalue weighted by Crippen LogP contribution is -2.47. The minimum atomic E-state index is 0.134. The summed E-state index contributed by atoms with van der Waals surface area (Å²) in [7, 11) is 0. The molecular formula is C21H32N2O2. The normalized spacial score (nSPS) is 22.6. The molecule has 0 amide bonds. The van der Waals surface area contributed by atoms with Crippen molar-refractivity contribution in [2.24, 2.45) is 0 Å². The minimum Gasteiger partial charge on any atom is -0.299 e. The summed E-state index contributed by atoms with van der Waals surface area (Å²) in [6.45, 7) is 11.2. The van der Waals surface area contributed by atoms with Crippen molar-refractivity contribution < 1.29 is 9.59 Å². The predicted molar refractivity (Wildman–Crippen MR) is 102 cm³/mol. The Balaban J connectivity index is 0.00000109. The van der Waals surface area contributed by atoms with Gasteiger partial charge >= 0.3 is 0 Å². The summed E-state index contributed by atoms with van der Waals surface area (Å²) >= 11 is 0. The van der Waals surface area contributed by atoms with Gasteiger partial charge in [0.15, 0.2) is 5.78 Å². The Morgan fingerprint density at radius 1 is 1.08 bits per heavy atom. The molecule has 4 nitrogen and oxygen atoms in total. The topological polar surface area (TPSA) is 40.6 Å². The third-order valence-electron chi connectivity index (χ3n) is 5.14. The van der Waals surface area contributed by atoms with Crippen LogP contribution in [-0.4, -0.2) is 59.6 Å². The number of aryl methyl sites for hydroxylation is 1. The third kappa shape index (κ3) is 5.23. The van der Waals surface area contributed by atoms with E-state index >= 15 is 0 Å². The maximum absolute atomic E-state index is 11.4. The maximum Gasteiger partial charge on any atom is 0.159 e. The highest BCUT2D eigenvalue weighted by molar-refractivity contribution is 5.94. The van der Waals surface area contributed by atoms with Crippen LogP contribution < -0.4 is 0 Å². The molecule has 1 unspecified atom stereocenters. The second kappa shape index (κ2) is 9.25. The van der Waals surface area contributed by atoms with Crippen LogP contribution in [0, 0.1) is 0 Å². The largest absolute Gasteiger partial charge is 0.299 e. The van der Waals surface area contributed by atoms with Crippen LogP contribution in [0.4, 0.5) is 0 Å². The molecule has 1 aromatic rings. The van der Waals surface area contributed by atoms with Gasteiger partial charge in [0.25, 0.3) is 0 Å². The van der Waals surface area contributed by atoms with Crippen LogP contribution in [0.3, 0.4) is 0 Å². The SMILES string of the molecule is CC.CC(=O)CN1C[C@@H]2CC1CN2CCCc1cccc(C(C)=O)c1. The van der Waals surface area contributed by atoms with Crippen molar-refractivity contribution in [2.45, 2.75) is 59.0 Å². The zero-order valence-electron chi connectivity index (χ0n) is 16.1. The number of carbonyl (C=O) groups is 2. The van der Waals surface area contributed by atoms with Gasteiger partial charge in [0.2, 0.25) is 0 Å². The van der Waals surface area contributed by atoms with Gasteiger partial charge in [-0.15, -0.1) is 0 Å². The molecule has 1 aromatic carbocycles. The molecule has 0 radical (unpaired) electrons. The number of nitrogens with zero attached hydrogens (tertiary/aromatic N) is 2. The molecule has 0 saturated carbocycles. The van der Waals surface area contributed by atoms with Crippen LogP contribution in [0.2, 0.25) is 0 Å². The lowest BCUT2D eigenvalue weighted by Gasteiger charge is -2.33. The number of likely N-dealkylation sites (tertiary alicyclic amines) is 2. The lowest BCUT2D eigenvalue weighted by molar-refractivity contribution is -0.118. The number of ketones is 2. The third-order valence-corrected chi connectivity index (χ3v) is 5.14. The molecule has 2 heterocycles. The zero-order chi connectivity index (χ0) is 18.4. The van der Waals surface area contributed by atoms with Crippen molar-refractivity contribution in [3.63, 3.8) is 0 Å². The second-order valence-electron chi connectivity index (χ2n) is 7.03. The fourth-order valence-electron chi connectivity index (χ4n) is 4.02. The number of hydrogen-bond acceptors (Lipinski definition) is 4. The summed E-state index contributed by atoms with van der Waals surface area (Å²) in [4.78, 5) is 27.6. The number of piperazine rings is 1. The van der Waals surface area contributed by atoms with Crippen molar-refractivity contribution in [3.8, 4) is 0 Å². The molecule has 2 aliphatic rings. The molecule has 2 saturated heterocycles. The number of fused-ring (bicyclic) bond motifs is 2. The number of hydrogen-bond donors (Lipinski definition) is 0. The van der Waals surface area contributed by atoms with Gasteiger partial charge < -0.3 is 0 Å². The first kappa shape index (κ1) is 19.8. The second-order valence-corrected chi connectivity index (χ2v) is 7.03. The Bertz CT molecular complexity index is 599. The van der Waals surface area contributed by atoms with E-state index in [1.165, 1.54) is 12.0 Å². The summed E-state index contributed by atoms with van der Waals surface area (Å²) in [5.41, 5.74) is 2.06. The van der Waals surface area contributed by atoms with Gasteiger partial charge in [-0.05, 0) is 51.3 Å². The van der Waals surface area contributed by atoms with E-state index in [-0.39, 0.29) is 11.6 Å². The van der Waals surface area contributed by atoms with Gasteiger partial charge in [-0.2, -0.15) is 0 Å². The minimum absolute atomic E-state index is 0.134. The average Bonchev–Trinajstić information content (AvgIpc) is 3.16. The first-order valence-electron chi connectivity index (χ1n) is 9.60. The number of rotatable bonds is 7. The molecule has 0 aliphatic carbocycles. The molecule has 0 spiro atoms. The van der Waals surface area contributed by atoms with Crippen LogP contribution in [0.1, 0.15) is 56.5 Å². The molecule has 25 heavy (non-hydrogen) atoms. The van der Waals surface area contributed by atoms with Gasteiger partial charge in [0.1, 0.15) is 5.78 Å². The zero-order valence-corrected chi connectivity index (χ0v) is 16.1. The first-order chi connectivity index (χ1) is 12.0. The summed E-state index contributed by atoms with van der Waals surface area (Å²) in [6.07, 6.45) is 3.36. The molecular weight excluding hydrogens is 312 g/mol. The molecule has 0 N–H and O–H groups in total. The molecule has 2 bridgehead atoms. The quantitative estimate of drug-likeness (QED) is 0.712. The van der Waals surface area contributed by atoms with Crippen molar-refractivity contribution in [1.29, 1.82) is 0 Å². The molecule has 0 aromatic heterocycles. The van der Waals surface area contributed by atoms with Crippen LogP contribution in [0.15, 0.2) is 24.3 Å². The van der Waals surface area contributed by atoms with Crippen LogP contribution in [0.5, 0.6) is 0 Å². The van der Waals surface area contributed by atoms with Crippen LogP contribution >= 0.6 is 0 Å². The predicted octanol–water partition coefficient (Wildman–Crippen LogP) is 3.20. The number of Topliss-reactive ketones (excluding diaryl/α,β-unsaturated/α-hetero) is 2. The number of carbonyl (C=O) groups excluding carboxylic acids is 2. The van der Waals surface area contributed by atoms with E-state index in [4.69, 9.17) is 0 Å². The van der Waals surface area contributed by atoms with E-state index in [1.807, 2.05) is 32.0 Å². The van der Waals surface area contributed by atoms with E-state index < -0.39 is 0 Å². The molecule has 2 atom stereocenters. The fraction of sp³-hybridized carbons (Fsp3) is 0.619. The van der Waals surface area contributed by atoms with Crippen molar-refractivity contribution >= 4 is 11.6 Å². The highest BCUT2D eigenvalue weighted by atomic mass is 16.1. The van der Waals surface area contributed by atoms with E-state index in [0.717, 1.165) is 38.0 Å². The Labute approximate surface area is 152 Å². The van der Waals surface area contributed by atoms with Gasteiger partial charge in [0.05, 0.1) is 6.54 Å². The van der Waals surface area contributed by atoms with Gasteiger partial charge in [-0.1, -0.05) is 32.0 Å². The lowest BCUT2D eigenvalue weighted by atomic mass is 10.0. The fourth-order valence-corrected chi connectivity index (χ4v) is 4.02. The maximum atomic E-state index is 11.4. The van der Waals surface area contributed by atoms with E-state index in [9.17, 15) is 9.59 Å². The summed E-state index contributed by atoms with van der Waals surface area (Å²) in [5, 5.41) is 0. The van der Waals surface area contributed by atoms with Crippen molar-refractivity contribution in [2.75, 3.05) is 26.2 Å². The molecule has 4 heteroatoms. The number of benzene rings is 1. The summed E-state index contributed by atoms with van der Waals surface area (Å²) in [5.74, 6) is 0.406. The smallest absolute Gasteiger partial charge is 0.159 e. The van der Waals surface area contributed by atoms with E-state index in [0.29, 0.717) is 18.6 Å². The van der Waals surface area contributed by atoms with Crippen molar-refractivity contribution in [1.82, 2.24) is 9.80 Å². The Kier molecular flexibility index (Phi) is 7.33. The molecule has 2 aliphatic heterocycles. The summed E-state index contributed by atoms with van der Waals surface area (Å²) in [6, 6.07) is 9.19. The average molecular weight is 344 g/mol. The van der Waals surface area contributed by atoms with Crippen molar-refractivity contribution in [3.05, 3.63) is 35.4 Å². The highest BCUT2D eigenvalue weighted by Crippen LogP contribution is 2.30. The molecule has 138 valence electrons. The van der Waals surface area contributed by atoms with E-state index in [1.54, 1.807) is 13.8 Å². The monoisotopic (exact) mass is 344 g/mol. The Morgan fingerprint density at radius 3 is 2.36 bits per heavy atom. The van der Waals surface area contributed by atoms with E-state index in [2.05, 4.69) is 15.9 Å². The first-order valence-corrected chi connectivity index (χ1v) is 9.60. The Morgan fingerprint density at radius 2 is 1.76 bits per heavy atom. The Hall–Kier alpha value is -1.52. The van der Waals surface area contributed by atoms with Crippen LogP contribution in [-0.2, 0) is 11.2 Å².